The van der Waals surface area contributed by atoms with Crippen LogP contribution in [0.4, 0.5) is 0 Å². The topological polar surface area (TPSA) is 82.8 Å². The molecule has 2 aliphatic rings. The Bertz CT molecular complexity index is 654. The number of hydrogen-bond donors (Lipinski definition) is 2. The van der Waals surface area contributed by atoms with Crippen molar-refractivity contribution in [1.29, 1.82) is 0 Å². The van der Waals surface area contributed by atoms with E-state index in [4.69, 9.17) is 9.73 Å². The highest BCUT2D eigenvalue weighted by molar-refractivity contribution is 14.0. The fraction of sp³-hybridized carbons (Fsp3) is 0.857. The standard InChI is InChI=1S/C21H40N8O.HI/c1-18-5-10-28(11-6-18)9-4-7-22-21(23-8-12-29-13-15-30-16-14-29)24-17-20-26-25-19(2)27(20)3;/h18H,4-17H2,1-3H3,(H2,22,23,24);1H. The number of morpholine rings is 1. The lowest BCUT2D eigenvalue weighted by atomic mass is 9.99. The average molecular weight is 549 g/mol. The highest BCUT2D eigenvalue weighted by atomic mass is 127. The van der Waals surface area contributed by atoms with Gasteiger partial charge in [-0.15, -0.1) is 34.2 Å². The second kappa shape index (κ2) is 14.2. The van der Waals surface area contributed by atoms with Crippen LogP contribution < -0.4 is 10.6 Å². The minimum atomic E-state index is 0. The van der Waals surface area contributed by atoms with Gasteiger partial charge in [0.05, 0.1) is 13.2 Å². The van der Waals surface area contributed by atoms with E-state index in [1.807, 2.05) is 18.5 Å². The van der Waals surface area contributed by atoms with Crippen molar-refractivity contribution < 1.29 is 4.74 Å². The van der Waals surface area contributed by atoms with Crippen LogP contribution in [0.5, 0.6) is 0 Å². The molecule has 0 unspecified atom stereocenters. The van der Waals surface area contributed by atoms with E-state index in [1.165, 1.54) is 25.9 Å². The third kappa shape index (κ3) is 9.19. The van der Waals surface area contributed by atoms with Gasteiger partial charge in [-0.3, -0.25) is 4.90 Å². The SMILES string of the molecule is Cc1nnc(CN=C(NCCCN2CCC(C)CC2)NCCN2CCOCC2)n1C.I. The van der Waals surface area contributed by atoms with E-state index in [2.05, 4.69) is 37.6 Å². The number of piperidine rings is 1. The molecule has 0 radical (unpaired) electrons. The molecule has 0 aromatic carbocycles. The Morgan fingerprint density at radius 1 is 1.03 bits per heavy atom. The van der Waals surface area contributed by atoms with E-state index < -0.39 is 0 Å². The summed E-state index contributed by atoms with van der Waals surface area (Å²) >= 11 is 0. The fourth-order valence-corrected chi connectivity index (χ4v) is 3.87. The number of rotatable bonds is 9. The predicted molar refractivity (Wildman–Crippen MR) is 135 cm³/mol. The van der Waals surface area contributed by atoms with Crippen LogP contribution in [0.15, 0.2) is 4.99 Å². The van der Waals surface area contributed by atoms with Gasteiger partial charge < -0.3 is 24.8 Å². The minimum Gasteiger partial charge on any atom is -0.379 e. The van der Waals surface area contributed by atoms with E-state index in [9.17, 15) is 0 Å². The summed E-state index contributed by atoms with van der Waals surface area (Å²) in [5, 5.41) is 15.4. The normalized spacial score (nSPS) is 19.3. The van der Waals surface area contributed by atoms with Crippen molar-refractivity contribution in [3.63, 3.8) is 0 Å². The van der Waals surface area contributed by atoms with Crippen LogP contribution in [-0.2, 0) is 18.3 Å². The number of ether oxygens (including phenoxy) is 1. The number of nitrogens with zero attached hydrogens (tertiary/aromatic N) is 6. The zero-order valence-electron chi connectivity index (χ0n) is 19.5. The van der Waals surface area contributed by atoms with Gasteiger partial charge in [0.25, 0.3) is 0 Å². The van der Waals surface area contributed by atoms with Gasteiger partial charge in [0.2, 0.25) is 0 Å². The maximum absolute atomic E-state index is 5.43. The summed E-state index contributed by atoms with van der Waals surface area (Å²) in [5.41, 5.74) is 0. The molecule has 0 bridgehead atoms. The van der Waals surface area contributed by atoms with Gasteiger partial charge in [-0.2, -0.15) is 0 Å². The first-order chi connectivity index (χ1) is 14.6. The molecule has 0 atom stereocenters. The van der Waals surface area contributed by atoms with Crippen molar-refractivity contribution in [2.75, 3.05) is 65.6 Å². The number of aryl methyl sites for hydroxylation is 1. The summed E-state index contributed by atoms with van der Waals surface area (Å²) in [6, 6.07) is 0. The summed E-state index contributed by atoms with van der Waals surface area (Å²) in [6.45, 7) is 15.0. The van der Waals surface area contributed by atoms with Gasteiger partial charge in [-0.1, -0.05) is 6.92 Å². The molecule has 2 N–H and O–H groups in total. The third-order valence-corrected chi connectivity index (χ3v) is 6.21. The van der Waals surface area contributed by atoms with Crippen molar-refractivity contribution in [2.45, 2.75) is 39.7 Å². The van der Waals surface area contributed by atoms with Crippen molar-refractivity contribution in [3.8, 4) is 0 Å². The highest BCUT2D eigenvalue weighted by Gasteiger charge is 2.15. The molecule has 1 aromatic heterocycles. The van der Waals surface area contributed by atoms with Crippen molar-refractivity contribution in [3.05, 3.63) is 11.6 Å². The molecule has 31 heavy (non-hydrogen) atoms. The van der Waals surface area contributed by atoms with Crippen LogP contribution in [0.3, 0.4) is 0 Å². The number of halogens is 1. The first-order valence-corrected chi connectivity index (χ1v) is 11.5. The van der Waals surface area contributed by atoms with E-state index >= 15 is 0 Å². The van der Waals surface area contributed by atoms with E-state index in [0.29, 0.717) is 6.54 Å². The highest BCUT2D eigenvalue weighted by Crippen LogP contribution is 2.15. The lowest BCUT2D eigenvalue weighted by Gasteiger charge is -2.30. The summed E-state index contributed by atoms with van der Waals surface area (Å²) in [6.07, 6.45) is 3.79. The molecule has 178 valence electrons. The first kappa shape index (κ1) is 26.3. The smallest absolute Gasteiger partial charge is 0.191 e. The molecule has 10 heteroatoms. The molecular weight excluding hydrogens is 507 g/mol. The lowest BCUT2D eigenvalue weighted by molar-refractivity contribution is 0.0389. The maximum atomic E-state index is 5.43. The molecule has 2 saturated heterocycles. The van der Waals surface area contributed by atoms with Crippen molar-refractivity contribution >= 4 is 29.9 Å². The van der Waals surface area contributed by atoms with Crippen LogP contribution in [0, 0.1) is 12.8 Å². The number of guanidine groups is 1. The monoisotopic (exact) mass is 548 g/mol. The van der Waals surface area contributed by atoms with Gasteiger partial charge in [0, 0.05) is 39.8 Å². The fourth-order valence-electron chi connectivity index (χ4n) is 3.87. The van der Waals surface area contributed by atoms with Gasteiger partial charge in [0.15, 0.2) is 11.8 Å². The number of aliphatic imine (C=N–C) groups is 1. The predicted octanol–water partition coefficient (Wildman–Crippen LogP) is 1.23. The zero-order valence-corrected chi connectivity index (χ0v) is 21.8. The molecule has 3 heterocycles. The van der Waals surface area contributed by atoms with Crippen LogP contribution in [0.1, 0.15) is 37.8 Å². The molecule has 1 aromatic rings. The Morgan fingerprint density at radius 2 is 1.71 bits per heavy atom. The van der Waals surface area contributed by atoms with E-state index in [1.54, 1.807) is 0 Å². The molecule has 0 spiro atoms. The molecule has 2 aliphatic heterocycles. The number of aromatic nitrogens is 3. The van der Waals surface area contributed by atoms with E-state index in [-0.39, 0.29) is 24.0 Å². The molecule has 0 saturated carbocycles. The van der Waals surface area contributed by atoms with Crippen molar-refractivity contribution in [1.82, 2.24) is 35.2 Å². The Labute approximate surface area is 204 Å². The zero-order chi connectivity index (χ0) is 21.2. The van der Waals surface area contributed by atoms with Crippen LogP contribution in [-0.4, -0.2) is 96.1 Å². The average Bonchev–Trinajstić information content (AvgIpc) is 3.08. The second-order valence-electron chi connectivity index (χ2n) is 8.57. The van der Waals surface area contributed by atoms with Gasteiger partial charge in [-0.25, -0.2) is 4.99 Å². The van der Waals surface area contributed by atoms with Gasteiger partial charge >= 0.3 is 0 Å². The summed E-state index contributed by atoms with van der Waals surface area (Å²) < 4.78 is 7.42. The largest absolute Gasteiger partial charge is 0.379 e. The lowest BCUT2D eigenvalue weighted by Crippen LogP contribution is -2.45. The second-order valence-corrected chi connectivity index (χ2v) is 8.57. The van der Waals surface area contributed by atoms with E-state index in [0.717, 1.165) is 82.4 Å². The van der Waals surface area contributed by atoms with Gasteiger partial charge in [0.1, 0.15) is 12.4 Å². The minimum absolute atomic E-state index is 0. The first-order valence-electron chi connectivity index (χ1n) is 11.5. The molecule has 0 aliphatic carbocycles. The third-order valence-electron chi connectivity index (χ3n) is 6.21. The van der Waals surface area contributed by atoms with Crippen LogP contribution in [0.25, 0.3) is 0 Å². The van der Waals surface area contributed by atoms with Crippen molar-refractivity contribution in [2.24, 2.45) is 18.0 Å². The molecule has 2 fully saturated rings. The molecular formula is C21H41IN8O. The Morgan fingerprint density at radius 3 is 2.39 bits per heavy atom. The quantitative estimate of drug-likeness (QED) is 0.208. The number of nitrogens with one attached hydrogen (secondary N) is 2. The maximum Gasteiger partial charge on any atom is 0.191 e. The number of likely N-dealkylation sites (tertiary alicyclic amines) is 1. The summed E-state index contributed by atoms with van der Waals surface area (Å²) in [5.74, 6) is 3.53. The Kier molecular flexibility index (Phi) is 12.1. The molecule has 3 rings (SSSR count). The molecule has 9 nitrogen and oxygen atoms in total. The number of hydrogen-bond acceptors (Lipinski definition) is 6. The summed E-state index contributed by atoms with van der Waals surface area (Å²) in [7, 11) is 1.98. The summed E-state index contributed by atoms with van der Waals surface area (Å²) in [4.78, 5) is 9.78. The van der Waals surface area contributed by atoms with Gasteiger partial charge in [-0.05, 0) is 51.7 Å². The van der Waals surface area contributed by atoms with Crippen LogP contribution in [0.2, 0.25) is 0 Å². The Hall–Kier alpha value is -0.980. The Balaban J connectivity index is 0.00000341. The van der Waals surface area contributed by atoms with Crippen LogP contribution >= 0.6 is 24.0 Å². The molecule has 0 amide bonds.